The summed E-state index contributed by atoms with van der Waals surface area (Å²) in [5.74, 6) is -1.41. The molecule has 2 rings (SSSR count). The summed E-state index contributed by atoms with van der Waals surface area (Å²) in [4.78, 5) is 23.0. The second-order valence-corrected chi connectivity index (χ2v) is 4.58. The van der Waals surface area contributed by atoms with Gasteiger partial charge in [-0.25, -0.2) is 4.79 Å². The number of carboxylic acids is 1. The zero-order valence-electron chi connectivity index (χ0n) is 9.07. The molecule has 1 fully saturated rings. The lowest BCUT2D eigenvalue weighted by Gasteiger charge is -2.38. The molecule has 0 heterocycles. The Kier molecular flexibility index (Phi) is 3.07. The maximum absolute atomic E-state index is 11.9. The van der Waals surface area contributed by atoms with Gasteiger partial charge < -0.3 is 10.4 Å². The molecule has 0 unspecified atom stereocenters. The Labute approximate surface area is 104 Å². The number of nitrogens with one attached hydrogen (secondary N) is 1. The normalized spacial score (nSPS) is 17.0. The number of rotatable bonds is 3. The van der Waals surface area contributed by atoms with Gasteiger partial charge in [0.25, 0.3) is 5.91 Å². The van der Waals surface area contributed by atoms with E-state index in [1.54, 1.807) is 24.3 Å². The SMILES string of the molecule is O=C(NC1(C(=O)O)CCC1)c1ccccc1Cl. The molecule has 1 aliphatic rings. The number of benzene rings is 1. The second-order valence-electron chi connectivity index (χ2n) is 4.17. The minimum absolute atomic E-state index is 0.307. The van der Waals surface area contributed by atoms with Crippen LogP contribution >= 0.6 is 11.6 Å². The van der Waals surface area contributed by atoms with Crippen molar-refractivity contribution in [1.82, 2.24) is 5.32 Å². The maximum atomic E-state index is 11.9. The van der Waals surface area contributed by atoms with Crippen molar-refractivity contribution in [2.45, 2.75) is 24.8 Å². The first-order valence-electron chi connectivity index (χ1n) is 5.36. The largest absolute Gasteiger partial charge is 0.480 e. The fourth-order valence-electron chi connectivity index (χ4n) is 1.85. The van der Waals surface area contributed by atoms with Gasteiger partial charge in [0.05, 0.1) is 10.6 Å². The Hall–Kier alpha value is -1.55. The molecular formula is C12H12ClNO3. The van der Waals surface area contributed by atoms with E-state index in [-0.39, 0.29) is 0 Å². The molecule has 17 heavy (non-hydrogen) atoms. The molecule has 0 radical (unpaired) electrons. The van der Waals surface area contributed by atoms with Gasteiger partial charge >= 0.3 is 5.97 Å². The molecule has 1 aromatic rings. The highest BCUT2D eigenvalue weighted by atomic mass is 35.5. The summed E-state index contributed by atoms with van der Waals surface area (Å²) in [6.07, 6.45) is 1.76. The number of halogens is 1. The van der Waals surface area contributed by atoms with Gasteiger partial charge in [-0.05, 0) is 31.4 Å². The van der Waals surface area contributed by atoms with E-state index in [1.807, 2.05) is 0 Å². The zero-order chi connectivity index (χ0) is 12.5. The number of aliphatic carboxylic acids is 1. The van der Waals surface area contributed by atoms with E-state index in [4.69, 9.17) is 16.7 Å². The smallest absolute Gasteiger partial charge is 0.329 e. The molecule has 1 saturated carbocycles. The van der Waals surface area contributed by atoms with Crippen LogP contribution < -0.4 is 5.32 Å². The van der Waals surface area contributed by atoms with E-state index >= 15 is 0 Å². The minimum Gasteiger partial charge on any atom is -0.480 e. The van der Waals surface area contributed by atoms with Crippen LogP contribution in [0.15, 0.2) is 24.3 Å². The van der Waals surface area contributed by atoms with Gasteiger partial charge in [-0.15, -0.1) is 0 Å². The number of amides is 1. The molecule has 4 nitrogen and oxygen atoms in total. The molecule has 1 aliphatic carbocycles. The minimum atomic E-state index is -1.10. The van der Waals surface area contributed by atoms with Crippen molar-refractivity contribution in [2.75, 3.05) is 0 Å². The van der Waals surface area contributed by atoms with E-state index in [0.717, 1.165) is 6.42 Å². The van der Waals surface area contributed by atoms with Crippen LogP contribution in [0.2, 0.25) is 5.02 Å². The maximum Gasteiger partial charge on any atom is 0.329 e. The van der Waals surface area contributed by atoms with Gasteiger partial charge in [-0.2, -0.15) is 0 Å². The molecule has 1 aromatic carbocycles. The quantitative estimate of drug-likeness (QED) is 0.867. The first-order chi connectivity index (χ1) is 8.05. The Morgan fingerprint density at radius 1 is 1.29 bits per heavy atom. The summed E-state index contributed by atoms with van der Waals surface area (Å²) in [5.41, 5.74) is -0.794. The summed E-state index contributed by atoms with van der Waals surface area (Å²) in [7, 11) is 0. The summed E-state index contributed by atoms with van der Waals surface area (Å²) in [5, 5.41) is 12.0. The van der Waals surface area contributed by atoms with Crippen molar-refractivity contribution in [3.8, 4) is 0 Å². The van der Waals surface area contributed by atoms with Crippen LogP contribution in [0.25, 0.3) is 0 Å². The number of carbonyl (C=O) groups excluding carboxylic acids is 1. The number of carbonyl (C=O) groups is 2. The monoisotopic (exact) mass is 253 g/mol. The van der Waals surface area contributed by atoms with Crippen LogP contribution in [0.4, 0.5) is 0 Å². The van der Waals surface area contributed by atoms with Crippen molar-refractivity contribution >= 4 is 23.5 Å². The van der Waals surface area contributed by atoms with Crippen molar-refractivity contribution < 1.29 is 14.7 Å². The lowest BCUT2D eigenvalue weighted by Crippen LogP contribution is -2.59. The van der Waals surface area contributed by atoms with Gasteiger partial charge in [-0.1, -0.05) is 23.7 Å². The Morgan fingerprint density at radius 2 is 1.94 bits per heavy atom. The summed E-state index contributed by atoms with van der Waals surface area (Å²) in [6.45, 7) is 0. The second kappa shape index (κ2) is 4.37. The third-order valence-corrected chi connectivity index (χ3v) is 3.42. The number of carboxylic acid groups (broad SMARTS) is 1. The third-order valence-electron chi connectivity index (χ3n) is 3.09. The molecule has 0 saturated heterocycles. The van der Waals surface area contributed by atoms with E-state index in [1.165, 1.54) is 0 Å². The molecule has 0 bridgehead atoms. The molecule has 90 valence electrons. The Bertz CT molecular complexity index is 469. The highest BCUT2D eigenvalue weighted by molar-refractivity contribution is 6.33. The van der Waals surface area contributed by atoms with Gasteiger partial charge in [0.2, 0.25) is 0 Å². The number of hydrogen-bond donors (Lipinski definition) is 2. The average Bonchev–Trinajstić information content (AvgIpc) is 2.23. The first kappa shape index (κ1) is 11.9. The third kappa shape index (κ3) is 2.13. The highest BCUT2D eigenvalue weighted by Gasteiger charge is 2.45. The van der Waals surface area contributed by atoms with Gasteiger partial charge in [-0.3, -0.25) is 4.79 Å². The van der Waals surface area contributed by atoms with Crippen molar-refractivity contribution in [3.05, 3.63) is 34.9 Å². The fraction of sp³-hybridized carbons (Fsp3) is 0.333. The van der Waals surface area contributed by atoms with Crippen molar-refractivity contribution in [1.29, 1.82) is 0 Å². The van der Waals surface area contributed by atoms with Crippen molar-refractivity contribution in [3.63, 3.8) is 0 Å². The Morgan fingerprint density at radius 3 is 2.41 bits per heavy atom. The first-order valence-corrected chi connectivity index (χ1v) is 5.73. The van der Waals surface area contributed by atoms with E-state index < -0.39 is 17.4 Å². The topological polar surface area (TPSA) is 66.4 Å². The summed E-state index contributed by atoms with van der Waals surface area (Å²) in [6, 6.07) is 6.58. The van der Waals surface area contributed by atoms with Crippen LogP contribution in [-0.4, -0.2) is 22.5 Å². The predicted octanol–water partition coefficient (Wildman–Crippen LogP) is 2.08. The Balaban J connectivity index is 2.17. The van der Waals surface area contributed by atoms with Gasteiger partial charge in [0.1, 0.15) is 5.54 Å². The fourth-order valence-corrected chi connectivity index (χ4v) is 2.07. The van der Waals surface area contributed by atoms with E-state index in [2.05, 4.69) is 5.32 Å². The van der Waals surface area contributed by atoms with E-state index in [0.29, 0.717) is 23.4 Å². The van der Waals surface area contributed by atoms with Gasteiger partial charge in [0.15, 0.2) is 0 Å². The zero-order valence-corrected chi connectivity index (χ0v) is 9.83. The molecule has 1 amide bonds. The molecule has 0 spiro atoms. The molecular weight excluding hydrogens is 242 g/mol. The van der Waals surface area contributed by atoms with E-state index in [9.17, 15) is 9.59 Å². The van der Waals surface area contributed by atoms with Crippen LogP contribution in [-0.2, 0) is 4.79 Å². The number of hydrogen-bond acceptors (Lipinski definition) is 2. The summed E-state index contributed by atoms with van der Waals surface area (Å²) >= 11 is 5.88. The lowest BCUT2D eigenvalue weighted by atomic mass is 9.76. The van der Waals surface area contributed by atoms with Crippen LogP contribution in [0.3, 0.4) is 0 Å². The average molecular weight is 254 g/mol. The highest BCUT2D eigenvalue weighted by Crippen LogP contribution is 2.32. The molecule has 5 heteroatoms. The molecule has 0 aromatic heterocycles. The molecule has 2 N–H and O–H groups in total. The van der Waals surface area contributed by atoms with Crippen LogP contribution in [0.5, 0.6) is 0 Å². The van der Waals surface area contributed by atoms with Gasteiger partial charge in [0, 0.05) is 0 Å². The van der Waals surface area contributed by atoms with Crippen molar-refractivity contribution in [2.24, 2.45) is 0 Å². The van der Waals surface area contributed by atoms with Crippen LogP contribution in [0.1, 0.15) is 29.6 Å². The van der Waals surface area contributed by atoms with Crippen LogP contribution in [0, 0.1) is 0 Å². The summed E-state index contributed by atoms with van der Waals surface area (Å²) < 4.78 is 0. The molecule has 0 aliphatic heterocycles. The standard InChI is InChI=1S/C12H12ClNO3/c13-9-5-2-1-4-8(9)10(15)14-12(11(16)17)6-3-7-12/h1-2,4-5H,3,6-7H2,(H,14,15)(H,16,17). The predicted molar refractivity (Wildman–Crippen MR) is 63.1 cm³/mol. The lowest BCUT2D eigenvalue weighted by molar-refractivity contribution is -0.148. The molecule has 0 atom stereocenters.